The fourth-order valence-electron chi connectivity index (χ4n) is 0.915. The Morgan fingerprint density at radius 1 is 1.38 bits per heavy atom. The number of hydroxylamine groups is 1. The lowest BCUT2D eigenvalue weighted by Crippen LogP contribution is -2.17. The minimum Gasteiger partial charge on any atom is -0.428 e. The summed E-state index contributed by atoms with van der Waals surface area (Å²) < 4.78 is 4.47. The van der Waals surface area contributed by atoms with Gasteiger partial charge in [0.1, 0.15) is 6.61 Å². The molecule has 0 aromatic rings. The van der Waals surface area contributed by atoms with Crippen LogP contribution in [0, 0.1) is 11.5 Å². The molecule has 5 nitrogen and oxygen atoms in total. The molecule has 0 spiro atoms. The fourth-order valence-corrected chi connectivity index (χ4v) is 0.915. The van der Waals surface area contributed by atoms with E-state index in [1.54, 1.807) is 11.7 Å². The van der Waals surface area contributed by atoms with Crippen LogP contribution in [0.15, 0.2) is 0 Å². The fraction of sp³-hybridized carbons (Fsp3) is 0.750. The zero-order valence-corrected chi connectivity index (χ0v) is 7.45. The van der Waals surface area contributed by atoms with Crippen molar-refractivity contribution in [1.29, 1.82) is 5.26 Å². The molecule has 0 radical (unpaired) electrons. The molecule has 0 heterocycles. The second-order valence-corrected chi connectivity index (χ2v) is 2.64. The maximum Gasteiger partial charge on any atom is 0.286 e. The lowest BCUT2D eigenvalue weighted by molar-refractivity contribution is -0.129. The molecule has 0 saturated carbocycles. The first-order valence-corrected chi connectivity index (χ1v) is 4.25. The zero-order chi connectivity index (χ0) is 9.94. The van der Waals surface area contributed by atoms with Crippen LogP contribution in [0.4, 0.5) is 0 Å². The maximum absolute atomic E-state index is 10.5. The van der Waals surface area contributed by atoms with E-state index in [0.29, 0.717) is 13.0 Å². The predicted octanol–water partition coefficient (Wildman–Crippen LogP) is 0.940. The van der Waals surface area contributed by atoms with Crippen LogP contribution in [-0.2, 0) is 9.53 Å². The number of ether oxygens (including phenoxy) is 1. The highest BCUT2D eigenvalue weighted by Gasteiger charge is 1.97. The Kier molecular flexibility index (Phi) is 7.95. The third kappa shape index (κ3) is 8.63. The Labute approximate surface area is 77.3 Å². The van der Waals surface area contributed by atoms with E-state index in [1.165, 1.54) is 0 Å². The molecule has 0 bridgehead atoms. The number of hydrogen-bond acceptors (Lipinski definition) is 4. The lowest BCUT2D eigenvalue weighted by Gasteiger charge is -1.99. The molecule has 1 amide bonds. The van der Waals surface area contributed by atoms with Crippen LogP contribution in [0.3, 0.4) is 0 Å². The Hall–Kier alpha value is -1.28. The van der Waals surface area contributed by atoms with Crippen molar-refractivity contribution in [3.63, 3.8) is 0 Å². The molecule has 0 aliphatic rings. The van der Waals surface area contributed by atoms with Crippen molar-refractivity contribution in [2.75, 3.05) is 6.61 Å². The van der Waals surface area contributed by atoms with Crippen molar-refractivity contribution in [2.24, 2.45) is 0 Å². The van der Waals surface area contributed by atoms with Gasteiger partial charge in [-0.05, 0) is 12.8 Å². The van der Waals surface area contributed by atoms with Crippen molar-refractivity contribution in [1.82, 2.24) is 5.48 Å². The summed E-state index contributed by atoms with van der Waals surface area (Å²) in [6.07, 6.45) is 5.34. The van der Waals surface area contributed by atoms with Gasteiger partial charge in [0.15, 0.2) is 0 Å². The van der Waals surface area contributed by atoms with Crippen molar-refractivity contribution in [3.8, 4) is 6.26 Å². The van der Waals surface area contributed by atoms with Gasteiger partial charge in [-0.1, -0.05) is 12.8 Å². The molecular formula is C8H14N2O3. The summed E-state index contributed by atoms with van der Waals surface area (Å²) in [7, 11) is 0. The predicted molar refractivity (Wildman–Crippen MR) is 44.6 cm³/mol. The smallest absolute Gasteiger partial charge is 0.286 e. The van der Waals surface area contributed by atoms with E-state index in [9.17, 15) is 4.79 Å². The minimum atomic E-state index is -0.353. The van der Waals surface area contributed by atoms with Gasteiger partial charge in [0.05, 0.1) is 0 Å². The number of nitriles is 1. The summed E-state index contributed by atoms with van der Waals surface area (Å²) in [5.41, 5.74) is 1.57. The van der Waals surface area contributed by atoms with E-state index >= 15 is 0 Å². The maximum atomic E-state index is 10.5. The van der Waals surface area contributed by atoms with Crippen LogP contribution in [0.2, 0.25) is 0 Å². The van der Waals surface area contributed by atoms with E-state index in [1.807, 2.05) is 0 Å². The van der Waals surface area contributed by atoms with Crippen LogP contribution < -0.4 is 5.48 Å². The van der Waals surface area contributed by atoms with E-state index < -0.39 is 0 Å². The molecule has 0 aromatic heterocycles. The average molecular weight is 186 g/mol. The van der Waals surface area contributed by atoms with Crippen molar-refractivity contribution >= 4 is 5.91 Å². The van der Waals surface area contributed by atoms with Gasteiger partial charge in [-0.2, -0.15) is 5.26 Å². The lowest BCUT2D eigenvalue weighted by atomic mass is 10.1. The highest BCUT2D eigenvalue weighted by atomic mass is 16.5. The minimum absolute atomic E-state index is 0.343. The quantitative estimate of drug-likeness (QED) is 0.268. The standard InChI is InChI=1S/C8H14N2O3/c9-7-13-6-4-2-1-3-5-8(11)10-12/h12H,1-6H2,(H,10,11). The van der Waals surface area contributed by atoms with Gasteiger partial charge < -0.3 is 4.74 Å². The second kappa shape index (κ2) is 8.81. The molecule has 0 aliphatic carbocycles. The van der Waals surface area contributed by atoms with E-state index in [4.69, 9.17) is 10.5 Å². The van der Waals surface area contributed by atoms with Crippen molar-refractivity contribution in [2.45, 2.75) is 32.1 Å². The van der Waals surface area contributed by atoms with Gasteiger partial charge in [0, 0.05) is 6.42 Å². The highest BCUT2D eigenvalue weighted by molar-refractivity contribution is 5.74. The molecule has 74 valence electrons. The number of nitrogens with one attached hydrogen (secondary N) is 1. The zero-order valence-electron chi connectivity index (χ0n) is 7.45. The molecule has 0 saturated heterocycles. The van der Waals surface area contributed by atoms with Crippen LogP contribution in [-0.4, -0.2) is 17.7 Å². The Bertz CT molecular complexity index is 177. The summed E-state index contributed by atoms with van der Waals surface area (Å²) in [6, 6.07) is 0. The van der Waals surface area contributed by atoms with Gasteiger partial charge in [0.25, 0.3) is 6.26 Å². The van der Waals surface area contributed by atoms with Gasteiger partial charge in [-0.25, -0.2) is 5.48 Å². The molecule has 2 N–H and O–H groups in total. The largest absolute Gasteiger partial charge is 0.428 e. The van der Waals surface area contributed by atoms with Crippen molar-refractivity contribution in [3.05, 3.63) is 0 Å². The monoisotopic (exact) mass is 186 g/mol. The first kappa shape index (κ1) is 11.7. The topological polar surface area (TPSA) is 82.3 Å². The average Bonchev–Trinajstić information content (AvgIpc) is 2.16. The van der Waals surface area contributed by atoms with Gasteiger partial charge >= 0.3 is 0 Å². The SMILES string of the molecule is N#COCCCCCCC(=O)NO. The number of nitrogens with zero attached hydrogens (tertiary/aromatic N) is 1. The number of carbonyl (C=O) groups excluding carboxylic acids is 1. The summed E-state index contributed by atoms with van der Waals surface area (Å²) in [6.45, 7) is 0.447. The van der Waals surface area contributed by atoms with Crippen LogP contribution in [0.1, 0.15) is 32.1 Å². The molecule has 0 aliphatic heterocycles. The molecule has 0 unspecified atom stereocenters. The van der Waals surface area contributed by atoms with Gasteiger partial charge in [0.2, 0.25) is 5.91 Å². The van der Waals surface area contributed by atoms with Crippen LogP contribution >= 0.6 is 0 Å². The molecule has 0 rings (SSSR count). The summed E-state index contributed by atoms with van der Waals surface area (Å²) >= 11 is 0. The molecular weight excluding hydrogens is 172 g/mol. The Morgan fingerprint density at radius 3 is 2.69 bits per heavy atom. The third-order valence-electron chi connectivity index (χ3n) is 1.59. The molecule has 0 atom stereocenters. The molecule has 5 heteroatoms. The summed E-state index contributed by atoms with van der Waals surface area (Å²) in [5, 5.41) is 16.2. The van der Waals surface area contributed by atoms with Gasteiger partial charge in [-0.3, -0.25) is 10.0 Å². The van der Waals surface area contributed by atoms with E-state index in [2.05, 4.69) is 4.74 Å². The molecule has 0 fully saturated rings. The van der Waals surface area contributed by atoms with Crippen LogP contribution in [0.25, 0.3) is 0 Å². The number of carbonyl (C=O) groups is 1. The molecule has 0 aromatic carbocycles. The Balaban J connectivity index is 3.00. The second-order valence-electron chi connectivity index (χ2n) is 2.64. The number of unbranched alkanes of at least 4 members (excludes halogenated alkanes) is 3. The highest BCUT2D eigenvalue weighted by Crippen LogP contribution is 2.02. The summed E-state index contributed by atoms with van der Waals surface area (Å²) in [4.78, 5) is 10.5. The first-order chi connectivity index (χ1) is 6.31. The van der Waals surface area contributed by atoms with Gasteiger partial charge in [-0.15, -0.1) is 0 Å². The van der Waals surface area contributed by atoms with Crippen molar-refractivity contribution < 1.29 is 14.7 Å². The van der Waals surface area contributed by atoms with E-state index in [0.717, 1.165) is 25.7 Å². The van der Waals surface area contributed by atoms with E-state index in [-0.39, 0.29) is 5.91 Å². The number of hydrogen-bond donors (Lipinski definition) is 2. The van der Waals surface area contributed by atoms with Crippen LogP contribution in [0.5, 0.6) is 0 Å². The molecule has 13 heavy (non-hydrogen) atoms. The number of amides is 1. The first-order valence-electron chi connectivity index (χ1n) is 4.25. The number of rotatable bonds is 7. The summed E-state index contributed by atoms with van der Waals surface area (Å²) in [5.74, 6) is -0.353. The normalized spacial score (nSPS) is 8.92. The third-order valence-corrected chi connectivity index (χ3v) is 1.59. The Morgan fingerprint density at radius 2 is 2.08 bits per heavy atom.